The molecule has 21 heavy (non-hydrogen) atoms. The van der Waals surface area contributed by atoms with Gasteiger partial charge in [-0.05, 0) is 30.0 Å². The van der Waals surface area contributed by atoms with Crippen LogP contribution in [0.1, 0.15) is 16.1 Å². The lowest BCUT2D eigenvalue weighted by atomic mass is 9.92. The fraction of sp³-hybridized carbons (Fsp3) is 0.267. The fourth-order valence-corrected chi connectivity index (χ4v) is 2.76. The number of primary amides is 1. The second-order valence-electron chi connectivity index (χ2n) is 5.23. The van der Waals surface area contributed by atoms with Crippen LogP contribution < -0.4 is 10.6 Å². The van der Waals surface area contributed by atoms with Gasteiger partial charge in [0.25, 0.3) is 5.91 Å². The number of hydrogen-bond donors (Lipinski definition) is 1. The van der Waals surface area contributed by atoms with Gasteiger partial charge in [-0.3, -0.25) is 4.79 Å². The molecule has 2 heterocycles. The minimum atomic E-state index is -0.523. The summed E-state index contributed by atoms with van der Waals surface area (Å²) in [5.74, 6) is 0.856. The summed E-state index contributed by atoms with van der Waals surface area (Å²) in [6, 6.07) is 10.1. The van der Waals surface area contributed by atoms with Crippen LogP contribution in [0, 0.1) is 5.92 Å². The minimum Gasteiger partial charge on any atom is -0.364 e. The third kappa shape index (κ3) is 3.21. The van der Waals surface area contributed by atoms with E-state index in [9.17, 15) is 4.79 Å². The van der Waals surface area contributed by atoms with E-state index in [2.05, 4.69) is 55.1 Å². The molecule has 2 aromatic rings. The maximum absolute atomic E-state index is 11.1. The van der Waals surface area contributed by atoms with Gasteiger partial charge in [0.2, 0.25) is 0 Å². The van der Waals surface area contributed by atoms with Crippen LogP contribution in [0.5, 0.6) is 0 Å². The molecule has 1 amide bonds. The molecule has 6 heteroatoms. The number of nitrogens with two attached hydrogens (primary N) is 1. The van der Waals surface area contributed by atoms with Crippen LogP contribution in [0.2, 0.25) is 0 Å². The van der Waals surface area contributed by atoms with Crippen LogP contribution in [0.3, 0.4) is 0 Å². The van der Waals surface area contributed by atoms with E-state index >= 15 is 0 Å². The average Bonchev–Trinajstić information content (AvgIpc) is 2.44. The van der Waals surface area contributed by atoms with Gasteiger partial charge in [0, 0.05) is 23.6 Å². The molecular weight excluding hydrogens is 332 g/mol. The highest BCUT2D eigenvalue weighted by molar-refractivity contribution is 9.10. The van der Waals surface area contributed by atoms with Crippen molar-refractivity contribution >= 4 is 27.7 Å². The molecule has 3 rings (SSSR count). The fourth-order valence-electron chi connectivity index (χ4n) is 2.49. The van der Waals surface area contributed by atoms with Gasteiger partial charge >= 0.3 is 0 Å². The van der Waals surface area contributed by atoms with Crippen molar-refractivity contribution in [1.82, 2.24) is 9.97 Å². The molecule has 0 saturated carbocycles. The monoisotopic (exact) mass is 346 g/mol. The first-order chi connectivity index (χ1) is 10.1. The maximum Gasteiger partial charge on any atom is 0.267 e. The molecule has 1 saturated heterocycles. The van der Waals surface area contributed by atoms with Crippen molar-refractivity contribution in [2.45, 2.75) is 6.42 Å². The second-order valence-corrected chi connectivity index (χ2v) is 6.14. The highest BCUT2D eigenvalue weighted by Gasteiger charge is 2.28. The zero-order valence-electron chi connectivity index (χ0n) is 11.4. The van der Waals surface area contributed by atoms with Gasteiger partial charge in [0.05, 0.1) is 0 Å². The SMILES string of the molecule is NC(=O)c1cc(N2CC(Cc3ccc(Br)cc3)C2)ncn1. The largest absolute Gasteiger partial charge is 0.364 e. The molecule has 5 nitrogen and oxygen atoms in total. The Labute approximate surface area is 131 Å². The third-order valence-electron chi connectivity index (χ3n) is 3.62. The van der Waals surface area contributed by atoms with Gasteiger partial charge in [-0.1, -0.05) is 28.1 Å². The smallest absolute Gasteiger partial charge is 0.267 e. The molecular formula is C15H15BrN4O. The van der Waals surface area contributed by atoms with E-state index in [1.807, 2.05) is 0 Å². The first-order valence-electron chi connectivity index (χ1n) is 6.73. The summed E-state index contributed by atoms with van der Waals surface area (Å²) in [5.41, 5.74) is 6.83. The standard InChI is InChI=1S/C15H15BrN4O/c16-12-3-1-10(2-4-12)5-11-7-20(8-11)14-6-13(15(17)21)18-9-19-14/h1-4,6,9,11H,5,7-8H2,(H2,17,21). The summed E-state index contributed by atoms with van der Waals surface area (Å²) in [5, 5.41) is 0. The lowest BCUT2D eigenvalue weighted by Gasteiger charge is -2.40. The minimum absolute atomic E-state index is 0.261. The van der Waals surface area contributed by atoms with Crippen LogP contribution in [-0.2, 0) is 6.42 Å². The molecule has 1 fully saturated rings. The number of carbonyl (C=O) groups is 1. The summed E-state index contributed by atoms with van der Waals surface area (Å²) in [7, 11) is 0. The number of nitrogens with zero attached hydrogens (tertiary/aromatic N) is 3. The molecule has 108 valence electrons. The number of anilines is 1. The number of hydrogen-bond acceptors (Lipinski definition) is 4. The second kappa shape index (κ2) is 5.81. The topological polar surface area (TPSA) is 72.1 Å². The molecule has 1 aromatic carbocycles. The van der Waals surface area contributed by atoms with Crippen molar-refractivity contribution in [2.75, 3.05) is 18.0 Å². The predicted octanol–water partition coefficient (Wildman–Crippen LogP) is 2.02. The molecule has 1 aromatic heterocycles. The summed E-state index contributed by atoms with van der Waals surface area (Å²) in [6.45, 7) is 1.87. The van der Waals surface area contributed by atoms with Crippen molar-refractivity contribution in [3.8, 4) is 0 Å². The molecule has 0 radical (unpaired) electrons. The lowest BCUT2D eigenvalue weighted by molar-refractivity contribution is 0.0995. The molecule has 0 bridgehead atoms. The molecule has 2 N–H and O–H groups in total. The zero-order valence-corrected chi connectivity index (χ0v) is 13.0. The molecule has 0 spiro atoms. The van der Waals surface area contributed by atoms with E-state index in [1.54, 1.807) is 6.07 Å². The molecule has 1 aliphatic rings. The van der Waals surface area contributed by atoms with Crippen molar-refractivity contribution in [2.24, 2.45) is 11.7 Å². The first kappa shape index (κ1) is 14.0. The summed E-state index contributed by atoms with van der Waals surface area (Å²) >= 11 is 3.44. The van der Waals surface area contributed by atoms with Crippen LogP contribution in [0.4, 0.5) is 5.82 Å². The van der Waals surface area contributed by atoms with E-state index in [0.29, 0.717) is 5.92 Å². The summed E-state index contributed by atoms with van der Waals surface area (Å²) in [6.07, 6.45) is 2.44. The molecule has 0 unspecified atom stereocenters. The molecule has 1 aliphatic heterocycles. The van der Waals surface area contributed by atoms with Crippen LogP contribution in [0.25, 0.3) is 0 Å². The Morgan fingerprint density at radius 2 is 2.00 bits per heavy atom. The van der Waals surface area contributed by atoms with Crippen molar-refractivity contribution in [3.05, 3.63) is 52.4 Å². The van der Waals surface area contributed by atoms with E-state index in [-0.39, 0.29) is 5.69 Å². The summed E-state index contributed by atoms with van der Waals surface area (Å²) < 4.78 is 1.10. The Morgan fingerprint density at radius 3 is 2.67 bits per heavy atom. The first-order valence-corrected chi connectivity index (χ1v) is 7.52. The Balaban J connectivity index is 1.59. The lowest BCUT2D eigenvalue weighted by Crippen LogP contribution is -2.48. The van der Waals surface area contributed by atoms with Crippen LogP contribution in [-0.4, -0.2) is 29.0 Å². The number of benzene rings is 1. The van der Waals surface area contributed by atoms with E-state index < -0.39 is 5.91 Å². The van der Waals surface area contributed by atoms with Crippen molar-refractivity contribution in [3.63, 3.8) is 0 Å². The van der Waals surface area contributed by atoms with Crippen LogP contribution >= 0.6 is 15.9 Å². The maximum atomic E-state index is 11.1. The summed E-state index contributed by atoms with van der Waals surface area (Å²) in [4.78, 5) is 21.3. The number of rotatable bonds is 4. The molecule has 0 atom stereocenters. The predicted molar refractivity (Wildman–Crippen MR) is 84.1 cm³/mol. The van der Waals surface area contributed by atoms with Crippen molar-refractivity contribution in [1.29, 1.82) is 0 Å². The highest BCUT2D eigenvalue weighted by Crippen LogP contribution is 2.26. The van der Waals surface area contributed by atoms with Gasteiger partial charge in [0.15, 0.2) is 0 Å². The molecule has 0 aliphatic carbocycles. The Kier molecular flexibility index (Phi) is 3.88. The van der Waals surface area contributed by atoms with E-state index in [1.165, 1.54) is 11.9 Å². The zero-order chi connectivity index (χ0) is 14.8. The van der Waals surface area contributed by atoms with Crippen LogP contribution in [0.15, 0.2) is 41.1 Å². The normalized spacial score (nSPS) is 14.8. The Hall–Kier alpha value is -1.95. The Bertz CT molecular complexity index is 653. The van der Waals surface area contributed by atoms with Gasteiger partial charge < -0.3 is 10.6 Å². The van der Waals surface area contributed by atoms with Gasteiger partial charge in [0.1, 0.15) is 17.8 Å². The van der Waals surface area contributed by atoms with E-state index in [4.69, 9.17) is 5.73 Å². The number of aromatic nitrogens is 2. The third-order valence-corrected chi connectivity index (χ3v) is 4.15. The highest BCUT2D eigenvalue weighted by atomic mass is 79.9. The van der Waals surface area contributed by atoms with Crippen molar-refractivity contribution < 1.29 is 4.79 Å². The average molecular weight is 347 g/mol. The van der Waals surface area contributed by atoms with Gasteiger partial charge in [-0.2, -0.15) is 0 Å². The Morgan fingerprint density at radius 1 is 1.29 bits per heavy atom. The number of amides is 1. The number of carbonyl (C=O) groups excluding carboxylic acids is 1. The van der Waals surface area contributed by atoms with E-state index in [0.717, 1.165) is 29.8 Å². The van der Waals surface area contributed by atoms with Gasteiger partial charge in [-0.15, -0.1) is 0 Å². The quantitative estimate of drug-likeness (QED) is 0.919. The van der Waals surface area contributed by atoms with Gasteiger partial charge in [-0.25, -0.2) is 9.97 Å². The number of halogens is 1.